The second kappa shape index (κ2) is 14.0. The molecule has 11 heteroatoms. The lowest BCUT2D eigenvalue weighted by Crippen LogP contribution is -2.40. The molecule has 7 rings (SSSR count). The van der Waals surface area contributed by atoms with Crippen LogP contribution in [0.2, 0.25) is 5.02 Å². The minimum absolute atomic E-state index is 0.123. The van der Waals surface area contributed by atoms with Crippen LogP contribution in [0.15, 0.2) is 89.8 Å². The first kappa shape index (κ1) is 33.3. The molecule has 254 valence electrons. The molecule has 0 spiro atoms. The summed E-state index contributed by atoms with van der Waals surface area (Å²) in [6.45, 7) is 0.670. The van der Waals surface area contributed by atoms with Crippen LogP contribution in [0.25, 0.3) is 33.5 Å². The van der Waals surface area contributed by atoms with Gasteiger partial charge < -0.3 is 19.5 Å². The number of aliphatic hydroxyl groups excluding tert-OH is 1. The topological polar surface area (TPSA) is 122 Å². The van der Waals surface area contributed by atoms with E-state index in [0.29, 0.717) is 34.7 Å². The molecule has 0 bridgehead atoms. The van der Waals surface area contributed by atoms with E-state index in [1.54, 1.807) is 36.4 Å². The Hall–Kier alpha value is -4.22. The van der Waals surface area contributed by atoms with Crippen LogP contribution in [0.4, 0.5) is 0 Å². The quantitative estimate of drug-likeness (QED) is 0.160. The van der Waals surface area contributed by atoms with Gasteiger partial charge in [-0.2, -0.15) is 4.31 Å². The number of aromatic carboxylic acids is 1. The lowest BCUT2D eigenvalue weighted by molar-refractivity contribution is 0.0697. The third-order valence-corrected chi connectivity index (χ3v) is 11.8. The van der Waals surface area contributed by atoms with Gasteiger partial charge in [-0.25, -0.2) is 18.2 Å². The molecular formula is C38H38ClN3O6S. The summed E-state index contributed by atoms with van der Waals surface area (Å²) in [5.74, 6) is 0.424. The molecule has 1 aromatic heterocycles. The summed E-state index contributed by atoms with van der Waals surface area (Å²) in [4.78, 5) is 16.8. The number of carbonyl (C=O) groups is 1. The number of nitrogens with zero attached hydrogens (tertiary/aromatic N) is 3. The van der Waals surface area contributed by atoms with Crippen LogP contribution in [0.1, 0.15) is 66.9 Å². The van der Waals surface area contributed by atoms with Gasteiger partial charge in [-0.3, -0.25) is 0 Å². The molecule has 0 unspecified atom stereocenters. The fourth-order valence-corrected chi connectivity index (χ4v) is 8.65. The summed E-state index contributed by atoms with van der Waals surface area (Å²) >= 11 is 6.16. The maximum absolute atomic E-state index is 13.6. The monoisotopic (exact) mass is 699 g/mol. The molecular weight excluding hydrogens is 662 g/mol. The van der Waals surface area contributed by atoms with Gasteiger partial charge in [0, 0.05) is 29.7 Å². The summed E-state index contributed by atoms with van der Waals surface area (Å²) in [6.07, 6.45) is 5.94. The number of benzene rings is 4. The van der Waals surface area contributed by atoms with E-state index in [2.05, 4.69) is 4.57 Å². The van der Waals surface area contributed by atoms with Crippen LogP contribution < -0.4 is 4.74 Å². The molecule has 5 aromatic rings. The van der Waals surface area contributed by atoms with E-state index in [4.69, 9.17) is 21.3 Å². The first-order valence-electron chi connectivity index (χ1n) is 16.7. The zero-order chi connectivity index (χ0) is 34.1. The highest BCUT2D eigenvalue weighted by atomic mass is 35.5. The normalized spacial score (nSPS) is 16.6. The number of fused-ring (bicyclic) bond motifs is 1. The maximum Gasteiger partial charge on any atom is 0.335 e. The smallest absolute Gasteiger partial charge is 0.335 e. The number of hydrogen-bond donors (Lipinski definition) is 2. The predicted molar refractivity (Wildman–Crippen MR) is 189 cm³/mol. The predicted octanol–water partition coefficient (Wildman–Crippen LogP) is 7.95. The first-order valence-corrected chi connectivity index (χ1v) is 18.5. The van der Waals surface area contributed by atoms with Gasteiger partial charge in [0.2, 0.25) is 10.0 Å². The molecule has 1 saturated carbocycles. The molecule has 1 aliphatic carbocycles. The summed E-state index contributed by atoms with van der Waals surface area (Å²) in [5, 5.41) is 20.1. The molecule has 4 aromatic carbocycles. The molecule has 0 atom stereocenters. The largest absolute Gasteiger partial charge is 0.489 e. The lowest BCUT2D eigenvalue weighted by Gasteiger charge is -2.29. The number of carboxylic acid groups (broad SMARTS) is 1. The van der Waals surface area contributed by atoms with Crippen LogP contribution in [0.5, 0.6) is 5.75 Å². The summed E-state index contributed by atoms with van der Waals surface area (Å²) in [6, 6.07) is 25.6. The molecule has 2 N–H and O–H groups in total. The molecule has 1 aliphatic heterocycles. The zero-order valence-corrected chi connectivity index (χ0v) is 28.5. The Bertz CT molecular complexity index is 2080. The number of aliphatic hydroxyl groups is 1. The van der Waals surface area contributed by atoms with Crippen LogP contribution in [-0.4, -0.2) is 57.6 Å². The number of rotatable bonds is 9. The van der Waals surface area contributed by atoms with Gasteiger partial charge in [0.05, 0.1) is 27.6 Å². The molecule has 1 saturated heterocycles. The van der Waals surface area contributed by atoms with Crippen molar-refractivity contribution in [2.45, 2.75) is 68.6 Å². The zero-order valence-electron chi connectivity index (χ0n) is 27.0. The van der Waals surface area contributed by atoms with Crippen LogP contribution >= 0.6 is 11.6 Å². The van der Waals surface area contributed by atoms with E-state index < -0.39 is 22.1 Å². The van der Waals surface area contributed by atoms with Crippen molar-refractivity contribution in [3.63, 3.8) is 0 Å². The van der Waals surface area contributed by atoms with Gasteiger partial charge in [-0.15, -0.1) is 0 Å². The number of hydrogen-bond acceptors (Lipinski definition) is 6. The number of piperidine rings is 1. The fourth-order valence-electron chi connectivity index (χ4n) is 7.00. The minimum Gasteiger partial charge on any atom is -0.489 e. The molecule has 0 radical (unpaired) electrons. The third-order valence-electron chi connectivity index (χ3n) is 9.68. The first-order chi connectivity index (χ1) is 23.7. The van der Waals surface area contributed by atoms with E-state index >= 15 is 0 Å². The number of aromatic nitrogens is 2. The fraction of sp³-hybridized carbons (Fsp3) is 0.316. The SMILES string of the molecule is O=C(O)c1ccc2c(c1)nc(-c1ccc(OCc3cc(S(=O)(=O)N4CCC(O)CC4)ccc3-c3ccc(Cl)cc3)cc1)n2C1CCCCC1. The van der Waals surface area contributed by atoms with Crippen molar-refractivity contribution in [1.82, 2.24) is 13.9 Å². The van der Waals surface area contributed by atoms with Crippen molar-refractivity contribution >= 4 is 38.6 Å². The van der Waals surface area contributed by atoms with Crippen LogP contribution in [0.3, 0.4) is 0 Å². The van der Waals surface area contributed by atoms with E-state index in [1.807, 2.05) is 48.5 Å². The Morgan fingerprint density at radius 3 is 2.24 bits per heavy atom. The van der Waals surface area contributed by atoms with Crippen molar-refractivity contribution in [3.05, 3.63) is 101 Å². The minimum atomic E-state index is -3.76. The lowest BCUT2D eigenvalue weighted by atomic mass is 9.95. The Morgan fingerprint density at radius 2 is 1.55 bits per heavy atom. The Labute approximate surface area is 290 Å². The van der Waals surface area contributed by atoms with Crippen molar-refractivity contribution < 1.29 is 28.2 Å². The standard InChI is InChI=1S/C38H38ClN3O6S/c39-29-11-6-25(7-12-29)34-16-15-33(49(46,47)41-20-18-31(43)19-21-41)22-28(34)24-48-32-13-8-26(9-14-32)37-40-35-23-27(38(44)45)10-17-36(35)42(37)30-4-2-1-3-5-30/h6-17,22-23,30-31,43H,1-5,18-21,24H2,(H,44,45). The van der Waals surface area contributed by atoms with Crippen LogP contribution in [-0.2, 0) is 16.6 Å². The molecule has 49 heavy (non-hydrogen) atoms. The molecule has 2 fully saturated rings. The van der Waals surface area contributed by atoms with Crippen molar-refractivity contribution in [2.75, 3.05) is 13.1 Å². The average molecular weight is 700 g/mol. The van der Waals surface area contributed by atoms with E-state index in [1.165, 1.54) is 10.7 Å². The summed E-state index contributed by atoms with van der Waals surface area (Å²) in [5.41, 5.74) is 5.12. The highest BCUT2D eigenvalue weighted by molar-refractivity contribution is 7.89. The summed E-state index contributed by atoms with van der Waals surface area (Å²) in [7, 11) is -3.76. The maximum atomic E-state index is 13.6. The van der Waals surface area contributed by atoms with Gasteiger partial charge in [0.15, 0.2) is 0 Å². The number of sulfonamides is 1. The van der Waals surface area contributed by atoms with Crippen molar-refractivity contribution in [3.8, 4) is 28.3 Å². The van der Waals surface area contributed by atoms with Crippen molar-refractivity contribution in [1.29, 1.82) is 0 Å². The van der Waals surface area contributed by atoms with Crippen LogP contribution in [0, 0.1) is 0 Å². The number of carboxylic acids is 1. The van der Waals surface area contributed by atoms with Gasteiger partial charge in [0.1, 0.15) is 18.2 Å². The second-order valence-electron chi connectivity index (χ2n) is 12.9. The Morgan fingerprint density at radius 1 is 0.857 bits per heavy atom. The third kappa shape index (κ3) is 6.96. The van der Waals surface area contributed by atoms with E-state index in [9.17, 15) is 23.4 Å². The average Bonchev–Trinajstić information content (AvgIpc) is 3.51. The van der Waals surface area contributed by atoms with E-state index in [-0.39, 0.29) is 36.2 Å². The second-order valence-corrected chi connectivity index (χ2v) is 15.3. The Kier molecular flexibility index (Phi) is 9.48. The molecule has 2 heterocycles. The summed E-state index contributed by atoms with van der Waals surface area (Å²) < 4.78 is 37.2. The van der Waals surface area contributed by atoms with Gasteiger partial charge >= 0.3 is 5.97 Å². The number of ether oxygens (including phenoxy) is 1. The number of halogens is 1. The highest BCUT2D eigenvalue weighted by Crippen LogP contribution is 2.37. The molecule has 0 amide bonds. The molecule has 2 aliphatic rings. The van der Waals surface area contributed by atoms with Gasteiger partial charge in [-0.05, 0) is 109 Å². The highest BCUT2D eigenvalue weighted by Gasteiger charge is 2.29. The number of imidazole rings is 1. The molecule has 9 nitrogen and oxygen atoms in total. The Balaban J connectivity index is 1.18. The van der Waals surface area contributed by atoms with Crippen molar-refractivity contribution in [2.24, 2.45) is 0 Å². The van der Waals surface area contributed by atoms with Gasteiger partial charge in [-0.1, -0.05) is 49.1 Å². The van der Waals surface area contributed by atoms with E-state index in [0.717, 1.165) is 53.7 Å². The van der Waals surface area contributed by atoms with Gasteiger partial charge in [0.25, 0.3) is 0 Å².